The second kappa shape index (κ2) is 5.04. The van der Waals surface area contributed by atoms with Crippen LogP contribution < -0.4 is 4.74 Å². The lowest BCUT2D eigenvalue weighted by molar-refractivity contribution is 0.141. The minimum Gasteiger partial charge on any atom is -0.493 e. The predicted molar refractivity (Wildman–Crippen MR) is 49.8 cm³/mol. The maximum atomic E-state index is 12.6. The molecule has 0 radical (unpaired) electrons. The first-order valence-electron chi connectivity index (χ1n) is 4.27. The highest BCUT2D eigenvalue weighted by Crippen LogP contribution is 2.30. The number of hydrogen-bond acceptors (Lipinski definition) is 4. The minimum atomic E-state index is -2.85. The highest BCUT2D eigenvalue weighted by atomic mass is 19.3. The van der Waals surface area contributed by atoms with Crippen LogP contribution in [0.15, 0.2) is 6.07 Å². The summed E-state index contributed by atoms with van der Waals surface area (Å²) in [7, 11) is 1.19. The normalized spacial score (nSPS) is 9.62. The number of nitrogens with zero attached hydrogens (tertiary/aromatic N) is 3. The quantitative estimate of drug-likeness (QED) is 0.785. The molecule has 0 aliphatic heterocycles. The maximum Gasteiger partial charge on any atom is 0.284 e. The highest BCUT2D eigenvalue weighted by Gasteiger charge is 2.20. The zero-order valence-electron chi connectivity index (χ0n) is 8.37. The van der Waals surface area contributed by atoms with E-state index in [1.165, 1.54) is 13.2 Å². The molecule has 0 atom stereocenters. The molecule has 0 amide bonds. The number of halogens is 2. The first-order chi connectivity index (χ1) is 7.63. The van der Waals surface area contributed by atoms with Gasteiger partial charge in [0.2, 0.25) is 0 Å². The van der Waals surface area contributed by atoms with Gasteiger partial charge in [0.25, 0.3) is 6.43 Å². The summed E-state index contributed by atoms with van der Waals surface area (Å²) in [4.78, 5) is 3.59. The number of hydrogen-bond donors (Lipinski definition) is 0. The van der Waals surface area contributed by atoms with E-state index >= 15 is 0 Å². The van der Waals surface area contributed by atoms with Gasteiger partial charge in [0, 0.05) is 0 Å². The second-order valence-corrected chi connectivity index (χ2v) is 2.83. The number of ether oxygens (including phenoxy) is 1. The van der Waals surface area contributed by atoms with Crippen molar-refractivity contribution in [3.63, 3.8) is 0 Å². The summed E-state index contributed by atoms with van der Waals surface area (Å²) in [5, 5.41) is 17.2. The number of methoxy groups -OCH3 is 1. The maximum absolute atomic E-state index is 12.6. The van der Waals surface area contributed by atoms with Gasteiger partial charge in [-0.05, 0) is 6.07 Å². The third-order valence-corrected chi connectivity index (χ3v) is 1.84. The van der Waals surface area contributed by atoms with E-state index in [-0.39, 0.29) is 23.4 Å². The molecule has 0 aromatic carbocycles. The van der Waals surface area contributed by atoms with Crippen LogP contribution in [0.4, 0.5) is 8.78 Å². The highest BCUT2D eigenvalue weighted by molar-refractivity contribution is 5.47. The number of rotatable bonds is 3. The van der Waals surface area contributed by atoms with Crippen LogP contribution in [-0.2, 0) is 6.42 Å². The summed E-state index contributed by atoms with van der Waals surface area (Å²) < 4.78 is 29.9. The Morgan fingerprint density at radius 1 is 1.50 bits per heavy atom. The molecule has 82 valence electrons. The van der Waals surface area contributed by atoms with Gasteiger partial charge >= 0.3 is 0 Å². The SMILES string of the molecule is COc1c(C#N)cc(CC#N)nc1C(F)F. The van der Waals surface area contributed by atoms with E-state index in [9.17, 15) is 8.78 Å². The van der Waals surface area contributed by atoms with Gasteiger partial charge in [0.05, 0.1) is 30.9 Å². The Balaban J connectivity index is 3.40. The van der Waals surface area contributed by atoms with Crippen molar-refractivity contribution in [3.05, 3.63) is 23.0 Å². The van der Waals surface area contributed by atoms with Crippen molar-refractivity contribution in [2.75, 3.05) is 7.11 Å². The van der Waals surface area contributed by atoms with Crippen molar-refractivity contribution in [1.82, 2.24) is 4.98 Å². The number of pyridine rings is 1. The van der Waals surface area contributed by atoms with Crippen LogP contribution >= 0.6 is 0 Å². The monoisotopic (exact) mass is 223 g/mol. The molecule has 0 unspecified atom stereocenters. The van der Waals surface area contributed by atoms with Crippen molar-refractivity contribution in [2.24, 2.45) is 0 Å². The molecule has 0 aliphatic carbocycles. The molecule has 1 heterocycles. The van der Waals surface area contributed by atoms with Crippen molar-refractivity contribution < 1.29 is 13.5 Å². The third-order valence-electron chi connectivity index (χ3n) is 1.84. The molecule has 1 aromatic heterocycles. The van der Waals surface area contributed by atoms with Crippen LogP contribution in [0.2, 0.25) is 0 Å². The average molecular weight is 223 g/mol. The van der Waals surface area contributed by atoms with E-state index in [1.54, 1.807) is 12.1 Å². The zero-order chi connectivity index (χ0) is 12.1. The van der Waals surface area contributed by atoms with E-state index in [4.69, 9.17) is 15.3 Å². The van der Waals surface area contributed by atoms with Gasteiger partial charge in [-0.1, -0.05) is 0 Å². The first-order valence-corrected chi connectivity index (χ1v) is 4.27. The van der Waals surface area contributed by atoms with Gasteiger partial charge in [-0.25, -0.2) is 13.8 Å². The summed E-state index contributed by atoms with van der Waals surface area (Å²) >= 11 is 0. The summed E-state index contributed by atoms with van der Waals surface area (Å²) in [6, 6.07) is 4.79. The predicted octanol–water partition coefficient (Wildman–Crippen LogP) is 1.97. The lowest BCUT2D eigenvalue weighted by atomic mass is 10.1. The molecule has 0 N–H and O–H groups in total. The molecule has 0 bridgehead atoms. The smallest absolute Gasteiger partial charge is 0.284 e. The Labute approximate surface area is 90.7 Å². The molecule has 6 heteroatoms. The van der Waals surface area contributed by atoms with Gasteiger partial charge in [-0.3, -0.25) is 0 Å². The van der Waals surface area contributed by atoms with E-state index < -0.39 is 12.1 Å². The fourth-order valence-corrected chi connectivity index (χ4v) is 1.22. The molecule has 4 nitrogen and oxygen atoms in total. The lowest BCUT2D eigenvalue weighted by Crippen LogP contribution is -2.02. The first kappa shape index (κ1) is 11.9. The van der Waals surface area contributed by atoms with E-state index in [0.717, 1.165) is 0 Å². The van der Waals surface area contributed by atoms with Crippen LogP contribution in [-0.4, -0.2) is 12.1 Å². The molecule has 0 spiro atoms. The lowest BCUT2D eigenvalue weighted by Gasteiger charge is -2.09. The molecule has 16 heavy (non-hydrogen) atoms. The fraction of sp³-hybridized carbons (Fsp3) is 0.300. The summed E-state index contributed by atoms with van der Waals surface area (Å²) in [5.41, 5.74) is -0.514. The molecular weight excluding hydrogens is 216 g/mol. The summed E-state index contributed by atoms with van der Waals surface area (Å²) in [6.07, 6.45) is -2.97. The van der Waals surface area contributed by atoms with Gasteiger partial charge in [0.1, 0.15) is 11.8 Å². The molecular formula is C10H7F2N3O. The van der Waals surface area contributed by atoms with Gasteiger partial charge < -0.3 is 4.74 Å². The molecule has 1 rings (SSSR count). The molecule has 0 fully saturated rings. The third kappa shape index (κ3) is 2.23. The topological polar surface area (TPSA) is 69.7 Å². The van der Waals surface area contributed by atoms with E-state index in [1.807, 2.05) is 0 Å². The van der Waals surface area contributed by atoms with Crippen LogP contribution in [0, 0.1) is 22.7 Å². The van der Waals surface area contributed by atoms with Gasteiger partial charge in [0.15, 0.2) is 5.75 Å². The molecule has 1 aromatic rings. The average Bonchev–Trinajstić information content (AvgIpc) is 2.28. The Morgan fingerprint density at radius 3 is 2.62 bits per heavy atom. The van der Waals surface area contributed by atoms with Crippen molar-refractivity contribution in [1.29, 1.82) is 10.5 Å². The van der Waals surface area contributed by atoms with Gasteiger partial charge in [-0.15, -0.1) is 0 Å². The van der Waals surface area contributed by atoms with E-state index in [2.05, 4.69) is 4.98 Å². The number of nitriles is 2. The van der Waals surface area contributed by atoms with Crippen LogP contribution in [0.5, 0.6) is 5.75 Å². The Kier molecular flexibility index (Phi) is 3.73. The number of aromatic nitrogens is 1. The van der Waals surface area contributed by atoms with Crippen molar-refractivity contribution in [2.45, 2.75) is 12.8 Å². The summed E-state index contributed by atoms with van der Waals surface area (Å²) in [5.74, 6) is -0.237. The zero-order valence-corrected chi connectivity index (χ0v) is 8.37. The molecule has 0 aliphatic rings. The minimum absolute atomic E-state index is 0.0435. The van der Waals surface area contributed by atoms with Crippen molar-refractivity contribution >= 4 is 0 Å². The fourth-order valence-electron chi connectivity index (χ4n) is 1.22. The van der Waals surface area contributed by atoms with Crippen molar-refractivity contribution in [3.8, 4) is 17.9 Å². The second-order valence-electron chi connectivity index (χ2n) is 2.83. The van der Waals surface area contributed by atoms with Crippen LogP contribution in [0.1, 0.15) is 23.4 Å². The Hall–Kier alpha value is -2.21. The molecule has 0 saturated heterocycles. The largest absolute Gasteiger partial charge is 0.493 e. The van der Waals surface area contributed by atoms with E-state index in [0.29, 0.717) is 0 Å². The standard InChI is InChI=1S/C10H7F2N3O/c1-16-9-6(5-14)4-7(2-3-13)15-8(9)10(11)12/h4,10H,2H2,1H3. The Bertz CT molecular complexity index is 474. The van der Waals surface area contributed by atoms with Gasteiger partial charge in [-0.2, -0.15) is 10.5 Å². The van der Waals surface area contributed by atoms with Crippen LogP contribution in [0.3, 0.4) is 0 Å². The molecule has 0 saturated carbocycles. The number of alkyl halides is 2. The summed E-state index contributed by atoms with van der Waals surface area (Å²) in [6.45, 7) is 0. The van der Waals surface area contributed by atoms with Crippen LogP contribution in [0.25, 0.3) is 0 Å². The Morgan fingerprint density at radius 2 is 2.19 bits per heavy atom.